The SMILES string of the molecule is O=C(O)CNC(=O)c1c(O)cc(-c2ccccc2)c2ncnn12. The second kappa shape index (κ2) is 5.76. The molecular weight excluding hydrogens is 300 g/mol. The van der Waals surface area contributed by atoms with Gasteiger partial charge in [-0.25, -0.2) is 9.50 Å². The van der Waals surface area contributed by atoms with Crippen LogP contribution < -0.4 is 5.32 Å². The van der Waals surface area contributed by atoms with Crippen LogP contribution in [0.2, 0.25) is 0 Å². The van der Waals surface area contributed by atoms with Gasteiger partial charge in [-0.1, -0.05) is 30.3 Å². The number of pyridine rings is 1. The lowest BCUT2D eigenvalue weighted by molar-refractivity contribution is -0.135. The van der Waals surface area contributed by atoms with E-state index in [2.05, 4.69) is 15.4 Å². The Morgan fingerprint density at radius 3 is 2.65 bits per heavy atom. The summed E-state index contributed by atoms with van der Waals surface area (Å²) in [6.45, 7) is -0.561. The number of carbonyl (C=O) groups is 2. The maximum absolute atomic E-state index is 12.1. The number of fused-ring (bicyclic) bond motifs is 1. The van der Waals surface area contributed by atoms with Gasteiger partial charge in [0.1, 0.15) is 18.6 Å². The van der Waals surface area contributed by atoms with Crippen LogP contribution in [-0.2, 0) is 4.79 Å². The normalized spacial score (nSPS) is 10.6. The first kappa shape index (κ1) is 14.5. The largest absolute Gasteiger partial charge is 0.505 e. The van der Waals surface area contributed by atoms with Gasteiger partial charge in [-0.05, 0) is 11.6 Å². The molecule has 0 aliphatic rings. The molecule has 0 fully saturated rings. The van der Waals surface area contributed by atoms with Crippen molar-refractivity contribution < 1.29 is 19.8 Å². The summed E-state index contributed by atoms with van der Waals surface area (Å²) in [6.07, 6.45) is 1.26. The highest BCUT2D eigenvalue weighted by atomic mass is 16.4. The summed E-state index contributed by atoms with van der Waals surface area (Å²) in [5, 5.41) is 25.0. The summed E-state index contributed by atoms with van der Waals surface area (Å²) in [7, 11) is 0. The highest BCUT2D eigenvalue weighted by molar-refractivity contribution is 5.98. The molecule has 8 nitrogen and oxygen atoms in total. The first-order chi connectivity index (χ1) is 11.1. The molecule has 116 valence electrons. The molecular formula is C15H12N4O4. The Labute approximate surface area is 130 Å². The average molecular weight is 312 g/mol. The van der Waals surface area contributed by atoms with Crippen molar-refractivity contribution in [3.63, 3.8) is 0 Å². The second-order valence-electron chi connectivity index (χ2n) is 4.73. The van der Waals surface area contributed by atoms with E-state index in [0.717, 1.165) is 5.56 Å². The molecule has 3 rings (SSSR count). The van der Waals surface area contributed by atoms with Crippen molar-refractivity contribution in [3.8, 4) is 16.9 Å². The number of aliphatic carboxylic acids is 1. The molecule has 23 heavy (non-hydrogen) atoms. The number of rotatable bonds is 4. The van der Waals surface area contributed by atoms with Gasteiger partial charge in [0.05, 0.1) is 0 Å². The number of hydrogen-bond acceptors (Lipinski definition) is 5. The van der Waals surface area contributed by atoms with Gasteiger partial charge in [0, 0.05) is 5.56 Å². The topological polar surface area (TPSA) is 117 Å². The minimum atomic E-state index is -1.19. The summed E-state index contributed by atoms with van der Waals surface area (Å²) < 4.78 is 1.19. The number of hydrogen-bond donors (Lipinski definition) is 3. The van der Waals surface area contributed by atoms with E-state index >= 15 is 0 Å². The summed E-state index contributed by atoms with van der Waals surface area (Å²) >= 11 is 0. The molecule has 0 spiro atoms. The molecule has 0 unspecified atom stereocenters. The minimum Gasteiger partial charge on any atom is -0.505 e. The van der Waals surface area contributed by atoms with Crippen LogP contribution in [0.25, 0.3) is 16.8 Å². The number of carboxylic acid groups (broad SMARTS) is 1. The third kappa shape index (κ3) is 2.69. The van der Waals surface area contributed by atoms with Gasteiger partial charge >= 0.3 is 5.97 Å². The molecule has 0 aliphatic carbocycles. The van der Waals surface area contributed by atoms with Crippen molar-refractivity contribution in [2.75, 3.05) is 6.54 Å². The zero-order valence-electron chi connectivity index (χ0n) is 11.8. The Hall–Kier alpha value is -3.42. The minimum absolute atomic E-state index is 0.168. The Kier molecular flexibility index (Phi) is 3.63. The Morgan fingerprint density at radius 1 is 1.22 bits per heavy atom. The number of aromatic nitrogens is 3. The van der Waals surface area contributed by atoms with Crippen LogP contribution in [0, 0.1) is 0 Å². The van der Waals surface area contributed by atoms with Crippen molar-refractivity contribution in [2.24, 2.45) is 0 Å². The second-order valence-corrected chi connectivity index (χ2v) is 4.73. The Morgan fingerprint density at radius 2 is 1.96 bits per heavy atom. The Balaban J connectivity index is 2.12. The van der Waals surface area contributed by atoms with E-state index in [4.69, 9.17) is 5.11 Å². The summed E-state index contributed by atoms with van der Waals surface area (Å²) in [6, 6.07) is 10.6. The number of nitrogens with zero attached hydrogens (tertiary/aromatic N) is 3. The molecule has 1 aromatic carbocycles. The molecule has 1 amide bonds. The fraction of sp³-hybridized carbons (Fsp3) is 0.0667. The molecule has 2 heterocycles. The smallest absolute Gasteiger partial charge is 0.322 e. The molecule has 0 bridgehead atoms. The number of nitrogens with one attached hydrogen (secondary N) is 1. The predicted molar refractivity (Wildman–Crippen MR) is 80.1 cm³/mol. The number of aromatic hydroxyl groups is 1. The maximum atomic E-state index is 12.1. The van der Waals surface area contributed by atoms with Gasteiger partial charge in [-0.2, -0.15) is 5.10 Å². The number of benzene rings is 1. The van der Waals surface area contributed by atoms with Crippen LogP contribution in [0.3, 0.4) is 0 Å². The van der Waals surface area contributed by atoms with Gasteiger partial charge in [-0.3, -0.25) is 9.59 Å². The summed E-state index contributed by atoms with van der Waals surface area (Å²) in [5.74, 6) is -2.25. The number of amides is 1. The van der Waals surface area contributed by atoms with E-state index in [9.17, 15) is 14.7 Å². The lowest BCUT2D eigenvalue weighted by Crippen LogP contribution is -2.30. The lowest BCUT2D eigenvalue weighted by atomic mass is 10.1. The standard InChI is InChI=1S/C15H12N4O4/c20-11-6-10(9-4-2-1-3-5-9)14-17-8-18-19(14)13(11)15(23)16-7-12(21)22/h1-6,8,20H,7H2,(H,16,23)(H,21,22). The molecule has 8 heteroatoms. The number of carbonyl (C=O) groups excluding carboxylic acids is 1. The fourth-order valence-electron chi connectivity index (χ4n) is 2.25. The molecule has 0 radical (unpaired) electrons. The third-order valence-electron chi connectivity index (χ3n) is 3.22. The molecule has 0 atom stereocenters. The van der Waals surface area contributed by atoms with Crippen LogP contribution in [0.15, 0.2) is 42.7 Å². The van der Waals surface area contributed by atoms with E-state index in [1.807, 2.05) is 30.3 Å². The van der Waals surface area contributed by atoms with Crippen molar-refractivity contribution in [2.45, 2.75) is 0 Å². The quantitative estimate of drug-likeness (QED) is 0.659. The molecule has 2 aromatic heterocycles. The van der Waals surface area contributed by atoms with Crippen molar-refractivity contribution in [1.29, 1.82) is 0 Å². The van der Waals surface area contributed by atoms with Crippen LogP contribution in [0.4, 0.5) is 0 Å². The molecule has 0 saturated carbocycles. The van der Waals surface area contributed by atoms with Crippen LogP contribution >= 0.6 is 0 Å². The van der Waals surface area contributed by atoms with E-state index in [-0.39, 0.29) is 11.4 Å². The predicted octanol–water partition coefficient (Wildman–Crippen LogP) is 0.916. The molecule has 3 aromatic rings. The van der Waals surface area contributed by atoms with Crippen LogP contribution in [0.5, 0.6) is 5.75 Å². The zero-order chi connectivity index (χ0) is 16.4. The molecule has 0 saturated heterocycles. The van der Waals surface area contributed by atoms with Gasteiger partial charge in [-0.15, -0.1) is 0 Å². The van der Waals surface area contributed by atoms with Gasteiger partial charge in [0.25, 0.3) is 5.91 Å². The van der Waals surface area contributed by atoms with E-state index in [1.165, 1.54) is 16.9 Å². The van der Waals surface area contributed by atoms with Crippen molar-refractivity contribution >= 4 is 17.5 Å². The first-order valence-corrected chi connectivity index (χ1v) is 6.69. The zero-order valence-corrected chi connectivity index (χ0v) is 11.8. The lowest BCUT2D eigenvalue weighted by Gasteiger charge is -2.10. The first-order valence-electron chi connectivity index (χ1n) is 6.69. The fourth-order valence-corrected chi connectivity index (χ4v) is 2.25. The molecule has 0 aliphatic heterocycles. The summed E-state index contributed by atoms with van der Waals surface area (Å²) in [4.78, 5) is 26.8. The van der Waals surface area contributed by atoms with E-state index in [0.29, 0.717) is 11.2 Å². The maximum Gasteiger partial charge on any atom is 0.322 e. The van der Waals surface area contributed by atoms with E-state index < -0.39 is 18.4 Å². The van der Waals surface area contributed by atoms with Crippen molar-refractivity contribution in [1.82, 2.24) is 19.9 Å². The average Bonchev–Trinajstić information content (AvgIpc) is 3.01. The van der Waals surface area contributed by atoms with Gasteiger partial charge < -0.3 is 15.5 Å². The highest BCUT2D eigenvalue weighted by Gasteiger charge is 2.20. The van der Waals surface area contributed by atoms with Gasteiger partial charge in [0.2, 0.25) is 0 Å². The third-order valence-corrected chi connectivity index (χ3v) is 3.22. The Bertz CT molecular complexity index is 889. The van der Waals surface area contributed by atoms with Gasteiger partial charge in [0.15, 0.2) is 11.3 Å². The van der Waals surface area contributed by atoms with E-state index in [1.54, 1.807) is 0 Å². The van der Waals surface area contributed by atoms with Crippen LogP contribution in [0.1, 0.15) is 10.5 Å². The highest BCUT2D eigenvalue weighted by Crippen LogP contribution is 2.29. The molecule has 3 N–H and O–H groups in total. The summed E-state index contributed by atoms with van der Waals surface area (Å²) in [5.41, 5.74) is 1.63. The van der Waals surface area contributed by atoms with Crippen molar-refractivity contribution in [3.05, 3.63) is 48.4 Å². The van der Waals surface area contributed by atoms with Crippen LogP contribution in [-0.4, -0.2) is 43.2 Å². The monoisotopic (exact) mass is 312 g/mol. The number of carboxylic acids is 1.